The largest absolute Gasteiger partial charge is 0.367 e. The Morgan fingerprint density at radius 3 is 2.68 bits per heavy atom. The first-order valence-corrected chi connectivity index (χ1v) is 9.64. The van der Waals surface area contributed by atoms with Crippen LogP contribution in [-0.2, 0) is 9.84 Å². The lowest BCUT2D eigenvalue weighted by Gasteiger charge is -2.30. The monoisotopic (exact) mass is 354 g/mol. The predicted molar refractivity (Wildman–Crippen MR) is 98.7 cm³/mol. The summed E-state index contributed by atoms with van der Waals surface area (Å²) in [5.74, 6) is 0. The molecule has 1 N–H and O–H groups in total. The number of nitrogens with one attached hydrogen (secondary N) is 1. The zero-order valence-corrected chi connectivity index (χ0v) is 14.4. The van der Waals surface area contributed by atoms with Crippen LogP contribution < -0.4 is 10.2 Å². The molecule has 3 aromatic rings. The number of benzene rings is 2. The number of hydrogen-bond acceptors (Lipinski definition) is 5. The Hall–Kier alpha value is -2.44. The van der Waals surface area contributed by atoms with Crippen molar-refractivity contribution in [3.05, 3.63) is 60.8 Å². The van der Waals surface area contributed by atoms with Crippen LogP contribution in [0.25, 0.3) is 10.9 Å². The van der Waals surface area contributed by atoms with Crippen molar-refractivity contribution in [2.75, 3.05) is 31.1 Å². The Bertz CT molecular complexity index is 1040. The molecule has 0 radical (unpaired) electrons. The van der Waals surface area contributed by atoms with Crippen molar-refractivity contribution in [2.45, 2.75) is 9.79 Å². The molecule has 1 unspecified atom stereocenters. The van der Waals surface area contributed by atoms with E-state index in [1.165, 1.54) is 6.20 Å². The van der Waals surface area contributed by atoms with Gasteiger partial charge in [0.15, 0.2) is 0 Å². The van der Waals surface area contributed by atoms with Gasteiger partial charge in [0.05, 0.1) is 22.4 Å². The lowest BCUT2D eigenvalue weighted by atomic mass is 10.1. The van der Waals surface area contributed by atoms with Crippen LogP contribution in [0.4, 0.5) is 5.69 Å². The van der Waals surface area contributed by atoms with Gasteiger partial charge in [0.25, 0.3) is 0 Å². The van der Waals surface area contributed by atoms with E-state index in [1.807, 2.05) is 23.1 Å². The number of rotatable bonds is 3. The fourth-order valence-electron chi connectivity index (χ4n) is 3.03. The normalized spacial score (nSPS) is 19.0. The predicted octanol–water partition coefficient (Wildman–Crippen LogP) is 2.48. The molecular formula is C19H19N3O2S. The molecule has 128 valence electrons. The van der Waals surface area contributed by atoms with Crippen molar-refractivity contribution in [3.8, 4) is 0 Å². The second-order valence-electron chi connectivity index (χ2n) is 5.92. The van der Waals surface area contributed by atoms with Crippen LogP contribution in [0.3, 0.4) is 0 Å². The Balaban J connectivity index is 1.80. The summed E-state index contributed by atoms with van der Waals surface area (Å²) < 4.78 is 33.9. The maximum Gasteiger partial charge on any atom is 0.208 e. The Morgan fingerprint density at radius 2 is 1.88 bits per heavy atom. The zero-order chi connectivity index (χ0) is 18.1. The number of fused-ring (bicyclic) bond motifs is 1. The third kappa shape index (κ3) is 2.99. The average molecular weight is 354 g/mol. The lowest BCUT2D eigenvalue weighted by molar-refractivity contribution is 0.590. The minimum Gasteiger partial charge on any atom is -0.367 e. The minimum atomic E-state index is -3.60. The quantitative estimate of drug-likeness (QED) is 0.783. The number of sulfone groups is 1. The van der Waals surface area contributed by atoms with Crippen LogP contribution in [0.15, 0.2) is 70.6 Å². The maximum absolute atomic E-state index is 12.8. The van der Waals surface area contributed by atoms with Gasteiger partial charge in [0.1, 0.15) is 0 Å². The highest BCUT2D eigenvalue weighted by atomic mass is 32.2. The summed E-state index contributed by atoms with van der Waals surface area (Å²) in [5.41, 5.74) is 1.59. The van der Waals surface area contributed by atoms with Crippen LogP contribution in [0.5, 0.6) is 0 Å². The highest BCUT2D eigenvalue weighted by Crippen LogP contribution is 2.28. The number of nitrogens with zero attached hydrogens (tertiary/aromatic N) is 2. The van der Waals surface area contributed by atoms with Crippen molar-refractivity contribution < 1.29 is 9.79 Å². The van der Waals surface area contributed by atoms with E-state index >= 15 is 0 Å². The van der Waals surface area contributed by atoms with Gasteiger partial charge < -0.3 is 10.2 Å². The van der Waals surface area contributed by atoms with Gasteiger partial charge in [-0.2, -0.15) is 0 Å². The molecule has 0 spiro atoms. The molecule has 4 rings (SSSR count). The summed E-state index contributed by atoms with van der Waals surface area (Å²) in [5, 5.41) is 3.96. The smallest absolute Gasteiger partial charge is 0.208 e. The first-order chi connectivity index (χ1) is 12.6. The standard InChI is InChI=1S/C19H19N3O2S/c23-25(24,16-6-2-1-3-7-16)17-13-15-5-4-8-18(19(15)21-14-17)22-11-9-20-10-12-22/h1-8,13-14,20H,9-12H2/i11D. The van der Waals surface area contributed by atoms with Gasteiger partial charge in [0, 0.05) is 37.7 Å². The van der Waals surface area contributed by atoms with E-state index in [9.17, 15) is 8.42 Å². The molecule has 1 saturated heterocycles. The summed E-state index contributed by atoms with van der Waals surface area (Å²) in [6.07, 6.45) is 1.41. The number of pyridine rings is 1. The van der Waals surface area contributed by atoms with Gasteiger partial charge >= 0.3 is 0 Å². The molecule has 1 aromatic heterocycles. The van der Waals surface area contributed by atoms with E-state index in [2.05, 4.69) is 10.3 Å². The summed E-state index contributed by atoms with van der Waals surface area (Å²) in [6, 6.07) is 15.7. The molecule has 25 heavy (non-hydrogen) atoms. The summed E-state index contributed by atoms with van der Waals surface area (Å²) in [6.45, 7) is 1.74. The first kappa shape index (κ1) is 14.9. The van der Waals surface area contributed by atoms with Gasteiger partial charge in [-0.1, -0.05) is 30.3 Å². The highest BCUT2D eigenvalue weighted by molar-refractivity contribution is 7.91. The third-order valence-electron chi connectivity index (χ3n) is 4.32. The Labute approximate surface area is 148 Å². The van der Waals surface area contributed by atoms with E-state index in [1.54, 1.807) is 36.4 Å². The molecule has 6 heteroatoms. The van der Waals surface area contributed by atoms with Crippen molar-refractivity contribution in [1.29, 1.82) is 0 Å². The molecule has 1 fully saturated rings. The van der Waals surface area contributed by atoms with Crippen LogP contribution in [0, 0.1) is 0 Å². The number of hydrogen-bond donors (Lipinski definition) is 1. The molecule has 2 aromatic carbocycles. The molecule has 0 saturated carbocycles. The summed E-state index contributed by atoms with van der Waals surface area (Å²) in [4.78, 5) is 6.89. The van der Waals surface area contributed by atoms with Crippen molar-refractivity contribution in [3.63, 3.8) is 0 Å². The van der Waals surface area contributed by atoms with E-state index in [0.29, 0.717) is 6.54 Å². The van der Waals surface area contributed by atoms with E-state index in [4.69, 9.17) is 1.37 Å². The minimum absolute atomic E-state index is 0.177. The van der Waals surface area contributed by atoms with Crippen LogP contribution in [0.1, 0.15) is 1.37 Å². The number of piperazine rings is 1. The van der Waals surface area contributed by atoms with Gasteiger partial charge in [-0.25, -0.2) is 8.42 Å². The number of anilines is 1. The van der Waals surface area contributed by atoms with Crippen LogP contribution in [0.2, 0.25) is 0 Å². The lowest BCUT2D eigenvalue weighted by Crippen LogP contribution is -2.43. The maximum atomic E-state index is 12.8. The highest BCUT2D eigenvalue weighted by Gasteiger charge is 2.20. The summed E-state index contributed by atoms with van der Waals surface area (Å²) in [7, 11) is -3.60. The zero-order valence-electron chi connectivity index (χ0n) is 14.6. The molecule has 2 heterocycles. The van der Waals surface area contributed by atoms with Gasteiger partial charge in [-0.15, -0.1) is 0 Å². The van der Waals surface area contributed by atoms with E-state index in [-0.39, 0.29) is 16.3 Å². The molecule has 1 aliphatic heterocycles. The Morgan fingerprint density at radius 1 is 1.04 bits per heavy atom. The number of para-hydroxylation sites is 1. The van der Waals surface area contributed by atoms with Gasteiger partial charge in [-0.05, 0) is 24.3 Å². The van der Waals surface area contributed by atoms with E-state index < -0.39 is 9.84 Å². The van der Waals surface area contributed by atoms with E-state index in [0.717, 1.165) is 29.7 Å². The molecule has 1 aliphatic rings. The first-order valence-electron chi connectivity index (χ1n) is 8.73. The topological polar surface area (TPSA) is 62.3 Å². The van der Waals surface area contributed by atoms with Crippen molar-refractivity contribution in [2.24, 2.45) is 0 Å². The fraction of sp³-hybridized carbons (Fsp3) is 0.211. The SMILES string of the molecule is [2H]C1CNCCN1c1cccc2cc(S(=O)(=O)c3ccccc3)cnc12. The molecule has 0 amide bonds. The van der Waals surface area contributed by atoms with Crippen LogP contribution in [-0.4, -0.2) is 39.6 Å². The third-order valence-corrected chi connectivity index (χ3v) is 6.06. The second kappa shape index (κ2) is 6.46. The summed E-state index contributed by atoms with van der Waals surface area (Å²) >= 11 is 0. The molecule has 0 aliphatic carbocycles. The Kier molecular flexibility index (Phi) is 3.84. The molecule has 1 atom stereocenters. The second-order valence-corrected chi connectivity index (χ2v) is 7.87. The molecule has 0 bridgehead atoms. The van der Waals surface area contributed by atoms with Gasteiger partial charge in [0.2, 0.25) is 9.84 Å². The molecular weight excluding hydrogens is 334 g/mol. The number of aromatic nitrogens is 1. The fourth-order valence-corrected chi connectivity index (χ4v) is 4.29. The van der Waals surface area contributed by atoms with Crippen LogP contribution >= 0.6 is 0 Å². The average Bonchev–Trinajstić information content (AvgIpc) is 2.68. The van der Waals surface area contributed by atoms with Gasteiger partial charge in [-0.3, -0.25) is 4.98 Å². The van der Waals surface area contributed by atoms with Crippen molar-refractivity contribution in [1.82, 2.24) is 10.3 Å². The van der Waals surface area contributed by atoms with Crippen molar-refractivity contribution >= 4 is 26.4 Å². The molecule has 5 nitrogen and oxygen atoms in total.